The maximum Gasteiger partial charge on any atom is 0.268 e. The SMILES string of the molecule is CC[C@@H](C)NC(=O)c1c(C)c(C)c(C)n1Cc1cccc(C)c1. The van der Waals surface area contributed by atoms with Crippen LogP contribution in [0.1, 0.15) is 58.7 Å². The van der Waals surface area contributed by atoms with Crippen molar-refractivity contribution in [2.75, 3.05) is 0 Å². The first-order valence-electron chi connectivity index (χ1n) is 8.37. The normalized spacial score (nSPS) is 12.3. The summed E-state index contributed by atoms with van der Waals surface area (Å²) in [5.74, 6) is 0.0284. The van der Waals surface area contributed by atoms with Crippen LogP contribution >= 0.6 is 0 Å². The Hall–Kier alpha value is -2.03. The Bertz CT molecular complexity index is 713. The highest BCUT2D eigenvalue weighted by Crippen LogP contribution is 2.23. The lowest BCUT2D eigenvalue weighted by atomic mass is 10.1. The third kappa shape index (κ3) is 3.66. The van der Waals surface area contributed by atoms with Crippen molar-refractivity contribution in [2.45, 2.75) is 60.5 Å². The zero-order valence-electron chi connectivity index (χ0n) is 15.2. The van der Waals surface area contributed by atoms with Crippen LogP contribution in [0.15, 0.2) is 24.3 Å². The Morgan fingerprint density at radius 1 is 1.17 bits per heavy atom. The summed E-state index contributed by atoms with van der Waals surface area (Å²) in [5.41, 5.74) is 6.70. The summed E-state index contributed by atoms with van der Waals surface area (Å²) >= 11 is 0. The van der Waals surface area contributed by atoms with Gasteiger partial charge in [0.1, 0.15) is 5.69 Å². The summed E-state index contributed by atoms with van der Waals surface area (Å²) in [4.78, 5) is 12.7. The van der Waals surface area contributed by atoms with Crippen LogP contribution < -0.4 is 5.32 Å². The van der Waals surface area contributed by atoms with Gasteiger partial charge in [0.2, 0.25) is 0 Å². The largest absolute Gasteiger partial charge is 0.348 e. The first-order valence-corrected chi connectivity index (χ1v) is 8.37. The molecule has 0 aliphatic heterocycles. The lowest BCUT2D eigenvalue weighted by molar-refractivity contribution is 0.0929. The fraction of sp³-hybridized carbons (Fsp3) is 0.450. The lowest BCUT2D eigenvalue weighted by Crippen LogP contribution is -2.34. The van der Waals surface area contributed by atoms with Crippen molar-refractivity contribution in [1.29, 1.82) is 0 Å². The van der Waals surface area contributed by atoms with E-state index in [1.807, 2.05) is 13.8 Å². The number of nitrogens with zero attached hydrogens (tertiary/aromatic N) is 1. The molecule has 1 heterocycles. The third-order valence-electron chi connectivity index (χ3n) is 4.76. The van der Waals surface area contributed by atoms with Gasteiger partial charge < -0.3 is 9.88 Å². The standard InChI is InChI=1S/C20H28N2O/c1-7-14(3)21-20(23)19-16(5)15(4)17(6)22(19)12-18-10-8-9-13(2)11-18/h8-11,14H,7,12H2,1-6H3,(H,21,23)/t14-/m1/s1. The summed E-state index contributed by atoms with van der Waals surface area (Å²) in [6.45, 7) is 13.2. The van der Waals surface area contributed by atoms with Crippen molar-refractivity contribution in [3.63, 3.8) is 0 Å². The molecule has 0 aliphatic carbocycles. The fourth-order valence-corrected chi connectivity index (χ4v) is 2.90. The highest BCUT2D eigenvalue weighted by Gasteiger charge is 2.21. The Balaban J connectivity index is 2.42. The van der Waals surface area contributed by atoms with E-state index >= 15 is 0 Å². The Kier molecular flexibility index (Phi) is 5.30. The van der Waals surface area contributed by atoms with Crippen molar-refractivity contribution < 1.29 is 4.79 Å². The molecule has 2 aromatic rings. The second-order valence-electron chi connectivity index (χ2n) is 6.54. The molecule has 0 saturated heterocycles. The van der Waals surface area contributed by atoms with E-state index < -0.39 is 0 Å². The Morgan fingerprint density at radius 2 is 1.87 bits per heavy atom. The summed E-state index contributed by atoms with van der Waals surface area (Å²) in [5, 5.41) is 3.11. The van der Waals surface area contributed by atoms with Gasteiger partial charge in [-0.1, -0.05) is 36.8 Å². The molecule has 0 fully saturated rings. The van der Waals surface area contributed by atoms with Crippen molar-refractivity contribution in [2.24, 2.45) is 0 Å². The van der Waals surface area contributed by atoms with Crippen LogP contribution in [0.2, 0.25) is 0 Å². The van der Waals surface area contributed by atoms with E-state index in [1.54, 1.807) is 0 Å². The Labute approximate surface area is 139 Å². The molecule has 0 radical (unpaired) electrons. The lowest BCUT2D eigenvalue weighted by Gasteiger charge is -2.16. The van der Waals surface area contributed by atoms with Crippen molar-refractivity contribution >= 4 is 5.91 Å². The summed E-state index contributed by atoms with van der Waals surface area (Å²) < 4.78 is 2.15. The number of amides is 1. The number of rotatable bonds is 5. The molecule has 1 atom stereocenters. The van der Waals surface area contributed by atoms with Gasteiger partial charge in [-0.3, -0.25) is 4.79 Å². The monoisotopic (exact) mass is 312 g/mol. The molecular formula is C20H28N2O. The van der Waals surface area contributed by atoms with Gasteiger partial charge in [0, 0.05) is 18.3 Å². The average Bonchev–Trinajstić information content (AvgIpc) is 2.71. The summed E-state index contributed by atoms with van der Waals surface area (Å²) in [7, 11) is 0. The zero-order chi connectivity index (χ0) is 17.1. The van der Waals surface area contributed by atoms with Crippen LogP contribution in [0, 0.1) is 27.7 Å². The maximum atomic E-state index is 12.7. The molecule has 1 N–H and O–H groups in total. The van der Waals surface area contributed by atoms with Crippen molar-refractivity contribution in [1.82, 2.24) is 9.88 Å². The molecule has 3 nitrogen and oxygen atoms in total. The average molecular weight is 312 g/mol. The smallest absolute Gasteiger partial charge is 0.268 e. The van der Waals surface area contributed by atoms with Crippen LogP contribution in [-0.4, -0.2) is 16.5 Å². The van der Waals surface area contributed by atoms with E-state index in [4.69, 9.17) is 0 Å². The van der Waals surface area contributed by atoms with E-state index in [-0.39, 0.29) is 11.9 Å². The van der Waals surface area contributed by atoms with Crippen LogP contribution in [0.4, 0.5) is 0 Å². The molecular weight excluding hydrogens is 284 g/mol. The topological polar surface area (TPSA) is 34.0 Å². The number of hydrogen-bond acceptors (Lipinski definition) is 1. The molecule has 0 aliphatic rings. The van der Waals surface area contributed by atoms with Crippen LogP contribution in [0.3, 0.4) is 0 Å². The summed E-state index contributed by atoms with van der Waals surface area (Å²) in [6.07, 6.45) is 0.932. The van der Waals surface area contributed by atoms with Gasteiger partial charge in [-0.2, -0.15) is 0 Å². The molecule has 1 aromatic heterocycles. The molecule has 1 aromatic carbocycles. The first-order chi connectivity index (χ1) is 10.8. The van der Waals surface area contributed by atoms with Crippen LogP contribution in [-0.2, 0) is 6.54 Å². The first kappa shape index (κ1) is 17.3. The number of carbonyl (C=O) groups excluding carboxylic acids is 1. The van der Waals surface area contributed by atoms with E-state index in [1.165, 1.54) is 22.4 Å². The van der Waals surface area contributed by atoms with E-state index in [0.717, 1.165) is 24.2 Å². The quantitative estimate of drug-likeness (QED) is 0.877. The fourth-order valence-electron chi connectivity index (χ4n) is 2.90. The predicted octanol–water partition coefficient (Wildman–Crippen LogP) is 4.30. The molecule has 3 heteroatoms. The van der Waals surface area contributed by atoms with Crippen LogP contribution in [0.25, 0.3) is 0 Å². The van der Waals surface area contributed by atoms with Gasteiger partial charge in [0.05, 0.1) is 0 Å². The minimum absolute atomic E-state index is 0.0284. The van der Waals surface area contributed by atoms with E-state index in [2.05, 4.69) is 61.8 Å². The molecule has 124 valence electrons. The molecule has 1 amide bonds. The minimum atomic E-state index is 0.0284. The van der Waals surface area contributed by atoms with Crippen molar-refractivity contribution in [3.8, 4) is 0 Å². The predicted molar refractivity (Wildman–Crippen MR) is 96.1 cm³/mol. The molecule has 0 saturated carbocycles. The van der Waals surface area contributed by atoms with E-state index in [0.29, 0.717) is 0 Å². The maximum absolute atomic E-state index is 12.7. The molecule has 0 bridgehead atoms. The number of aromatic nitrogens is 1. The van der Waals surface area contributed by atoms with E-state index in [9.17, 15) is 4.79 Å². The second kappa shape index (κ2) is 7.03. The number of benzene rings is 1. The molecule has 2 rings (SSSR count). The van der Waals surface area contributed by atoms with Gasteiger partial charge >= 0.3 is 0 Å². The number of nitrogens with one attached hydrogen (secondary N) is 1. The molecule has 23 heavy (non-hydrogen) atoms. The zero-order valence-corrected chi connectivity index (χ0v) is 15.2. The Morgan fingerprint density at radius 3 is 2.48 bits per heavy atom. The van der Waals surface area contributed by atoms with Gasteiger partial charge in [-0.05, 0) is 57.7 Å². The summed E-state index contributed by atoms with van der Waals surface area (Å²) in [6, 6.07) is 8.65. The minimum Gasteiger partial charge on any atom is -0.348 e. The van der Waals surface area contributed by atoms with Crippen LogP contribution in [0.5, 0.6) is 0 Å². The number of hydrogen-bond donors (Lipinski definition) is 1. The highest BCUT2D eigenvalue weighted by molar-refractivity contribution is 5.95. The number of aryl methyl sites for hydroxylation is 1. The van der Waals surface area contributed by atoms with Gasteiger partial charge in [0.15, 0.2) is 0 Å². The van der Waals surface area contributed by atoms with Gasteiger partial charge in [-0.25, -0.2) is 0 Å². The van der Waals surface area contributed by atoms with Gasteiger partial charge in [-0.15, -0.1) is 0 Å². The molecule has 0 unspecified atom stereocenters. The van der Waals surface area contributed by atoms with Gasteiger partial charge in [0.25, 0.3) is 5.91 Å². The number of carbonyl (C=O) groups is 1. The third-order valence-corrected chi connectivity index (χ3v) is 4.76. The molecule has 0 spiro atoms. The second-order valence-corrected chi connectivity index (χ2v) is 6.54. The highest BCUT2D eigenvalue weighted by atomic mass is 16.2. The van der Waals surface area contributed by atoms with Crippen molar-refractivity contribution in [3.05, 3.63) is 57.9 Å².